The summed E-state index contributed by atoms with van der Waals surface area (Å²) in [6.45, 7) is 1.81. The molecular weight excluding hydrogens is 162 g/mol. The van der Waals surface area contributed by atoms with Crippen LogP contribution in [0.2, 0.25) is 0 Å². The summed E-state index contributed by atoms with van der Waals surface area (Å²) in [4.78, 5) is 0. The summed E-state index contributed by atoms with van der Waals surface area (Å²) in [5, 5.41) is 17.4. The molecule has 0 aromatic carbocycles. The molecule has 0 amide bonds. The van der Waals surface area contributed by atoms with Gasteiger partial charge in [-0.05, 0) is 19.1 Å². The molecule has 0 aliphatic heterocycles. The van der Waals surface area contributed by atoms with Crippen molar-refractivity contribution in [3.05, 3.63) is 0 Å². The van der Waals surface area contributed by atoms with Crippen LogP contribution in [0.3, 0.4) is 0 Å². The molecule has 0 fully saturated rings. The maximum Gasteiger partial charge on any atom is 0.0861 e. The smallest absolute Gasteiger partial charge is 0.0861 e. The standard InChI is InChI=1S/C7H17NO2S/c1-6(8)2-3-11-5-7(10)4-9/h6-7,9-10H,2-5,8H2,1H3. The van der Waals surface area contributed by atoms with E-state index >= 15 is 0 Å². The van der Waals surface area contributed by atoms with E-state index in [1.807, 2.05) is 6.92 Å². The molecule has 0 aliphatic rings. The van der Waals surface area contributed by atoms with E-state index in [2.05, 4.69) is 0 Å². The third-order valence-electron chi connectivity index (χ3n) is 1.24. The molecule has 4 heteroatoms. The van der Waals surface area contributed by atoms with Crippen molar-refractivity contribution in [3.63, 3.8) is 0 Å². The summed E-state index contributed by atoms with van der Waals surface area (Å²) < 4.78 is 0. The van der Waals surface area contributed by atoms with Crippen LogP contribution in [0.25, 0.3) is 0 Å². The summed E-state index contributed by atoms with van der Waals surface area (Å²) in [6.07, 6.45) is 0.385. The second-order valence-electron chi connectivity index (χ2n) is 2.68. The van der Waals surface area contributed by atoms with Gasteiger partial charge in [0.2, 0.25) is 0 Å². The van der Waals surface area contributed by atoms with Crippen LogP contribution in [-0.4, -0.2) is 40.5 Å². The van der Waals surface area contributed by atoms with Gasteiger partial charge in [0, 0.05) is 11.8 Å². The summed E-state index contributed by atoms with van der Waals surface area (Å²) in [5.74, 6) is 1.55. The number of nitrogens with two attached hydrogens (primary N) is 1. The van der Waals surface area contributed by atoms with E-state index in [9.17, 15) is 0 Å². The first-order valence-electron chi connectivity index (χ1n) is 3.79. The largest absolute Gasteiger partial charge is 0.394 e. The second-order valence-corrected chi connectivity index (χ2v) is 3.83. The molecular formula is C7H17NO2S. The van der Waals surface area contributed by atoms with Crippen LogP contribution in [0.5, 0.6) is 0 Å². The highest BCUT2D eigenvalue weighted by molar-refractivity contribution is 7.99. The molecule has 68 valence electrons. The predicted octanol–water partition coefficient (Wildman–Crippen LogP) is -0.190. The van der Waals surface area contributed by atoms with Crippen molar-refractivity contribution in [3.8, 4) is 0 Å². The molecule has 0 radical (unpaired) electrons. The number of hydrogen-bond acceptors (Lipinski definition) is 4. The fraction of sp³-hybridized carbons (Fsp3) is 1.00. The van der Waals surface area contributed by atoms with E-state index in [1.165, 1.54) is 0 Å². The Morgan fingerprint density at radius 3 is 2.64 bits per heavy atom. The molecule has 0 aromatic heterocycles. The highest BCUT2D eigenvalue weighted by Gasteiger charge is 2.01. The number of aliphatic hydroxyl groups is 2. The zero-order valence-electron chi connectivity index (χ0n) is 6.86. The zero-order chi connectivity index (χ0) is 8.69. The van der Waals surface area contributed by atoms with E-state index in [0.29, 0.717) is 5.75 Å². The van der Waals surface area contributed by atoms with Crippen LogP contribution in [0, 0.1) is 0 Å². The Kier molecular flexibility index (Phi) is 7.06. The van der Waals surface area contributed by atoms with Gasteiger partial charge < -0.3 is 15.9 Å². The van der Waals surface area contributed by atoms with Crippen LogP contribution in [0.1, 0.15) is 13.3 Å². The van der Waals surface area contributed by atoms with Crippen LogP contribution in [0.4, 0.5) is 0 Å². The minimum absolute atomic E-state index is 0.148. The molecule has 0 spiro atoms. The van der Waals surface area contributed by atoms with E-state index in [0.717, 1.165) is 12.2 Å². The van der Waals surface area contributed by atoms with Gasteiger partial charge in [-0.25, -0.2) is 0 Å². The Balaban J connectivity index is 3.01. The Morgan fingerprint density at radius 2 is 2.18 bits per heavy atom. The molecule has 0 aromatic rings. The average molecular weight is 179 g/mol. The van der Waals surface area contributed by atoms with Crippen molar-refractivity contribution < 1.29 is 10.2 Å². The highest BCUT2D eigenvalue weighted by atomic mass is 32.2. The lowest BCUT2D eigenvalue weighted by Crippen LogP contribution is -2.18. The molecule has 0 bridgehead atoms. The normalized spacial score (nSPS) is 16.4. The van der Waals surface area contributed by atoms with Crippen molar-refractivity contribution in [1.82, 2.24) is 0 Å². The van der Waals surface area contributed by atoms with Crippen LogP contribution >= 0.6 is 11.8 Å². The van der Waals surface area contributed by atoms with Crippen molar-refractivity contribution in [2.45, 2.75) is 25.5 Å². The van der Waals surface area contributed by atoms with Gasteiger partial charge in [-0.3, -0.25) is 0 Å². The lowest BCUT2D eigenvalue weighted by atomic mass is 10.3. The Morgan fingerprint density at radius 1 is 1.55 bits per heavy atom. The van der Waals surface area contributed by atoms with E-state index in [4.69, 9.17) is 15.9 Å². The topological polar surface area (TPSA) is 66.5 Å². The van der Waals surface area contributed by atoms with Crippen molar-refractivity contribution >= 4 is 11.8 Å². The van der Waals surface area contributed by atoms with Gasteiger partial charge in [0.15, 0.2) is 0 Å². The molecule has 0 heterocycles. The number of rotatable bonds is 6. The fourth-order valence-electron chi connectivity index (χ4n) is 0.541. The molecule has 0 aliphatic carbocycles. The van der Waals surface area contributed by atoms with Gasteiger partial charge in [0.25, 0.3) is 0 Å². The van der Waals surface area contributed by atoms with E-state index < -0.39 is 6.10 Å². The summed E-state index contributed by atoms with van der Waals surface area (Å²) >= 11 is 1.62. The van der Waals surface area contributed by atoms with Crippen LogP contribution < -0.4 is 5.73 Å². The minimum Gasteiger partial charge on any atom is -0.394 e. The van der Waals surface area contributed by atoms with Gasteiger partial charge >= 0.3 is 0 Å². The summed E-state index contributed by atoms with van der Waals surface area (Å²) in [5.41, 5.74) is 5.52. The van der Waals surface area contributed by atoms with Crippen molar-refractivity contribution in [1.29, 1.82) is 0 Å². The third kappa shape index (κ3) is 8.13. The Labute approximate surface area is 72.0 Å². The highest BCUT2D eigenvalue weighted by Crippen LogP contribution is 2.05. The number of thioether (sulfide) groups is 1. The summed E-state index contributed by atoms with van der Waals surface area (Å²) in [6, 6.07) is 0.230. The van der Waals surface area contributed by atoms with Crippen LogP contribution in [0.15, 0.2) is 0 Å². The van der Waals surface area contributed by atoms with Crippen molar-refractivity contribution in [2.75, 3.05) is 18.1 Å². The molecule has 4 N–H and O–H groups in total. The first-order valence-corrected chi connectivity index (χ1v) is 4.94. The first kappa shape index (κ1) is 11.2. The molecule has 0 saturated carbocycles. The van der Waals surface area contributed by atoms with Gasteiger partial charge in [-0.2, -0.15) is 11.8 Å². The van der Waals surface area contributed by atoms with Gasteiger partial charge in [0.05, 0.1) is 12.7 Å². The van der Waals surface area contributed by atoms with E-state index in [1.54, 1.807) is 11.8 Å². The maximum atomic E-state index is 8.92. The number of hydrogen-bond donors (Lipinski definition) is 3. The summed E-state index contributed by atoms with van der Waals surface area (Å²) in [7, 11) is 0. The SMILES string of the molecule is CC(N)CCSCC(O)CO. The molecule has 0 saturated heterocycles. The lowest BCUT2D eigenvalue weighted by molar-refractivity contribution is 0.113. The molecule has 2 unspecified atom stereocenters. The fourth-order valence-corrected chi connectivity index (χ4v) is 1.62. The predicted molar refractivity (Wildman–Crippen MR) is 48.7 cm³/mol. The first-order chi connectivity index (χ1) is 5.16. The lowest BCUT2D eigenvalue weighted by Gasteiger charge is -2.07. The zero-order valence-corrected chi connectivity index (χ0v) is 7.68. The maximum absolute atomic E-state index is 8.92. The molecule has 0 rings (SSSR count). The molecule has 3 nitrogen and oxygen atoms in total. The quantitative estimate of drug-likeness (QED) is 0.494. The molecule has 2 atom stereocenters. The molecule has 11 heavy (non-hydrogen) atoms. The van der Waals surface area contributed by atoms with E-state index in [-0.39, 0.29) is 12.6 Å². The Bertz CT molecular complexity index is 90.5. The van der Waals surface area contributed by atoms with Gasteiger partial charge in [0.1, 0.15) is 0 Å². The van der Waals surface area contributed by atoms with Gasteiger partial charge in [-0.1, -0.05) is 0 Å². The van der Waals surface area contributed by atoms with Gasteiger partial charge in [-0.15, -0.1) is 0 Å². The third-order valence-corrected chi connectivity index (χ3v) is 2.38. The van der Waals surface area contributed by atoms with Crippen LogP contribution in [-0.2, 0) is 0 Å². The van der Waals surface area contributed by atoms with Crippen molar-refractivity contribution in [2.24, 2.45) is 5.73 Å². The minimum atomic E-state index is -0.576. The Hall–Kier alpha value is 0.230. The monoisotopic (exact) mass is 179 g/mol. The number of aliphatic hydroxyl groups excluding tert-OH is 2. The average Bonchev–Trinajstić information content (AvgIpc) is 1.97. The second kappa shape index (κ2) is 6.91.